The summed E-state index contributed by atoms with van der Waals surface area (Å²) in [5.41, 5.74) is 0.905. The number of hydrogen-bond acceptors (Lipinski definition) is 3. The summed E-state index contributed by atoms with van der Waals surface area (Å²) >= 11 is 3.43. The standard InChI is InChI=1S/C19H23BrN4O3/c1-3-4-7-19(2)17(26)24(18(27)23-19)11-16(25)21-10-14-9-12-8-13(20)5-6-15(12)22-14/h5-6,8-9,22H,3-4,7,10-11H2,1-2H3,(H,21,25)(H,23,27). The smallest absolute Gasteiger partial charge is 0.325 e. The van der Waals surface area contributed by atoms with Crippen LogP contribution in [0.25, 0.3) is 10.9 Å². The average Bonchev–Trinajstić information content (AvgIpc) is 3.12. The molecule has 27 heavy (non-hydrogen) atoms. The highest BCUT2D eigenvalue weighted by molar-refractivity contribution is 9.10. The maximum Gasteiger partial charge on any atom is 0.325 e. The van der Waals surface area contributed by atoms with Gasteiger partial charge in [0.2, 0.25) is 5.91 Å². The number of benzene rings is 1. The summed E-state index contributed by atoms with van der Waals surface area (Å²) < 4.78 is 0.981. The van der Waals surface area contributed by atoms with E-state index < -0.39 is 11.6 Å². The van der Waals surface area contributed by atoms with Crippen molar-refractivity contribution in [2.24, 2.45) is 0 Å². The third-order valence-electron chi connectivity index (χ3n) is 4.79. The van der Waals surface area contributed by atoms with Gasteiger partial charge >= 0.3 is 6.03 Å². The van der Waals surface area contributed by atoms with E-state index in [0.29, 0.717) is 13.0 Å². The van der Waals surface area contributed by atoms with Crippen LogP contribution in [-0.4, -0.2) is 39.8 Å². The molecule has 3 rings (SSSR count). The monoisotopic (exact) mass is 434 g/mol. The molecule has 0 bridgehead atoms. The van der Waals surface area contributed by atoms with Gasteiger partial charge in [0, 0.05) is 21.1 Å². The maximum atomic E-state index is 12.6. The number of amides is 4. The summed E-state index contributed by atoms with van der Waals surface area (Å²) in [4.78, 5) is 41.2. The normalized spacial score (nSPS) is 19.6. The van der Waals surface area contributed by atoms with Crippen LogP contribution in [0.4, 0.5) is 4.79 Å². The Kier molecular flexibility index (Phi) is 5.55. The summed E-state index contributed by atoms with van der Waals surface area (Å²) in [5.74, 6) is -0.718. The molecule has 0 radical (unpaired) electrons. The SMILES string of the molecule is CCCCC1(C)NC(=O)N(CC(=O)NCc2cc3cc(Br)ccc3[nH]2)C1=O. The molecule has 0 aliphatic carbocycles. The molecular formula is C19H23BrN4O3. The molecule has 8 heteroatoms. The van der Waals surface area contributed by atoms with Crippen LogP contribution in [0.5, 0.6) is 0 Å². The van der Waals surface area contributed by atoms with E-state index in [2.05, 4.69) is 31.5 Å². The van der Waals surface area contributed by atoms with Gasteiger partial charge in [-0.15, -0.1) is 0 Å². The predicted octanol–water partition coefficient (Wildman–Crippen LogP) is 3.05. The molecule has 0 spiro atoms. The number of carbonyl (C=O) groups excluding carboxylic acids is 3. The molecule has 1 fully saturated rings. The highest BCUT2D eigenvalue weighted by Gasteiger charge is 2.47. The van der Waals surface area contributed by atoms with Gasteiger partial charge in [-0.05, 0) is 37.6 Å². The van der Waals surface area contributed by atoms with Crippen LogP contribution in [0.3, 0.4) is 0 Å². The molecule has 0 saturated carbocycles. The second-order valence-corrected chi connectivity index (χ2v) is 7.98. The summed E-state index contributed by atoms with van der Waals surface area (Å²) in [5, 5.41) is 6.51. The van der Waals surface area contributed by atoms with E-state index in [-0.39, 0.29) is 18.4 Å². The summed E-state index contributed by atoms with van der Waals surface area (Å²) in [7, 11) is 0. The van der Waals surface area contributed by atoms with Gasteiger partial charge in [0.25, 0.3) is 5.91 Å². The molecular weight excluding hydrogens is 412 g/mol. The maximum absolute atomic E-state index is 12.6. The topological polar surface area (TPSA) is 94.3 Å². The van der Waals surface area contributed by atoms with E-state index in [1.54, 1.807) is 6.92 Å². The van der Waals surface area contributed by atoms with Crippen LogP contribution in [-0.2, 0) is 16.1 Å². The summed E-state index contributed by atoms with van der Waals surface area (Å²) in [6.07, 6.45) is 2.33. The molecule has 1 aromatic carbocycles. The molecule has 144 valence electrons. The van der Waals surface area contributed by atoms with Crippen LogP contribution in [0, 0.1) is 0 Å². The third kappa shape index (κ3) is 4.16. The van der Waals surface area contributed by atoms with E-state index in [9.17, 15) is 14.4 Å². The first-order valence-corrected chi connectivity index (χ1v) is 9.79. The lowest BCUT2D eigenvalue weighted by Crippen LogP contribution is -2.45. The van der Waals surface area contributed by atoms with Crippen molar-refractivity contribution in [1.29, 1.82) is 0 Å². The lowest BCUT2D eigenvalue weighted by Gasteiger charge is -2.21. The van der Waals surface area contributed by atoms with Crippen molar-refractivity contribution in [3.05, 3.63) is 34.4 Å². The molecule has 2 heterocycles. The van der Waals surface area contributed by atoms with Gasteiger partial charge in [-0.1, -0.05) is 35.7 Å². The Labute approximate surface area is 166 Å². The van der Waals surface area contributed by atoms with E-state index in [1.807, 2.05) is 31.2 Å². The zero-order chi connectivity index (χ0) is 19.6. The molecule has 1 atom stereocenters. The van der Waals surface area contributed by atoms with Gasteiger partial charge in [-0.2, -0.15) is 0 Å². The fourth-order valence-electron chi connectivity index (χ4n) is 3.24. The molecule has 4 amide bonds. The number of aromatic nitrogens is 1. The first kappa shape index (κ1) is 19.4. The number of aromatic amines is 1. The molecule has 2 aromatic rings. The molecule has 1 unspecified atom stereocenters. The second-order valence-electron chi connectivity index (χ2n) is 7.06. The van der Waals surface area contributed by atoms with E-state index >= 15 is 0 Å². The zero-order valence-electron chi connectivity index (χ0n) is 15.4. The number of nitrogens with zero attached hydrogens (tertiary/aromatic N) is 1. The van der Waals surface area contributed by atoms with Crippen LogP contribution in [0.2, 0.25) is 0 Å². The first-order valence-electron chi connectivity index (χ1n) is 9.00. The lowest BCUT2D eigenvalue weighted by atomic mass is 9.95. The van der Waals surface area contributed by atoms with Crippen molar-refractivity contribution in [3.63, 3.8) is 0 Å². The number of rotatable bonds is 7. The van der Waals surface area contributed by atoms with Crippen molar-refractivity contribution in [2.75, 3.05) is 6.54 Å². The number of halogens is 1. The number of urea groups is 1. The Morgan fingerprint density at radius 1 is 1.30 bits per heavy atom. The summed E-state index contributed by atoms with van der Waals surface area (Å²) in [6, 6.07) is 7.32. The minimum absolute atomic E-state index is 0.280. The number of H-pyrrole nitrogens is 1. The molecule has 1 saturated heterocycles. The minimum Gasteiger partial charge on any atom is -0.357 e. The van der Waals surface area contributed by atoms with E-state index in [4.69, 9.17) is 0 Å². The van der Waals surface area contributed by atoms with Crippen LogP contribution >= 0.6 is 15.9 Å². The molecule has 1 aliphatic rings. The van der Waals surface area contributed by atoms with Crippen molar-refractivity contribution in [1.82, 2.24) is 20.5 Å². The van der Waals surface area contributed by atoms with Gasteiger partial charge < -0.3 is 15.6 Å². The Balaban J connectivity index is 1.58. The van der Waals surface area contributed by atoms with Gasteiger partial charge in [0.1, 0.15) is 12.1 Å². The molecule has 1 aromatic heterocycles. The summed E-state index contributed by atoms with van der Waals surface area (Å²) in [6.45, 7) is 3.75. The van der Waals surface area contributed by atoms with Crippen LogP contribution in [0.1, 0.15) is 38.8 Å². The van der Waals surface area contributed by atoms with Crippen molar-refractivity contribution < 1.29 is 14.4 Å². The highest BCUT2D eigenvalue weighted by Crippen LogP contribution is 2.23. The van der Waals surface area contributed by atoms with Crippen molar-refractivity contribution >= 4 is 44.7 Å². The molecule has 3 N–H and O–H groups in total. The van der Waals surface area contributed by atoms with Gasteiger partial charge in [-0.25, -0.2) is 4.79 Å². The van der Waals surface area contributed by atoms with Crippen LogP contribution in [0.15, 0.2) is 28.7 Å². The number of hydrogen-bond donors (Lipinski definition) is 3. The largest absolute Gasteiger partial charge is 0.357 e. The third-order valence-corrected chi connectivity index (χ3v) is 5.29. The molecule has 7 nitrogen and oxygen atoms in total. The van der Waals surface area contributed by atoms with E-state index in [1.165, 1.54) is 0 Å². The number of unbranched alkanes of at least 4 members (excludes halogenated alkanes) is 1. The van der Waals surface area contributed by atoms with Crippen molar-refractivity contribution in [3.8, 4) is 0 Å². The highest BCUT2D eigenvalue weighted by atomic mass is 79.9. The Bertz CT molecular complexity index is 894. The fourth-order valence-corrected chi connectivity index (χ4v) is 3.62. The average molecular weight is 435 g/mol. The number of imide groups is 1. The number of nitrogens with one attached hydrogen (secondary N) is 3. The number of carbonyl (C=O) groups is 3. The minimum atomic E-state index is -0.919. The quantitative estimate of drug-likeness (QED) is 0.584. The van der Waals surface area contributed by atoms with Gasteiger partial charge in [0.05, 0.1) is 6.54 Å². The zero-order valence-corrected chi connectivity index (χ0v) is 17.0. The molecule has 1 aliphatic heterocycles. The number of fused-ring (bicyclic) bond motifs is 1. The first-order chi connectivity index (χ1) is 12.8. The van der Waals surface area contributed by atoms with Crippen LogP contribution < -0.4 is 10.6 Å². The van der Waals surface area contributed by atoms with E-state index in [0.717, 1.165) is 38.8 Å². The predicted molar refractivity (Wildman–Crippen MR) is 106 cm³/mol. The lowest BCUT2D eigenvalue weighted by molar-refractivity contribution is -0.134. The second kappa shape index (κ2) is 7.72. The van der Waals surface area contributed by atoms with Gasteiger partial charge in [-0.3, -0.25) is 14.5 Å². The van der Waals surface area contributed by atoms with Gasteiger partial charge in [0.15, 0.2) is 0 Å². The fraction of sp³-hybridized carbons (Fsp3) is 0.421. The Hall–Kier alpha value is -2.35. The Morgan fingerprint density at radius 3 is 2.81 bits per heavy atom. The Morgan fingerprint density at radius 2 is 2.07 bits per heavy atom. The van der Waals surface area contributed by atoms with Crippen molar-refractivity contribution in [2.45, 2.75) is 45.2 Å².